The van der Waals surface area contributed by atoms with Crippen molar-refractivity contribution >= 4 is 6.03 Å². The number of primary amides is 1. The summed E-state index contributed by atoms with van der Waals surface area (Å²) in [5.41, 5.74) is 5.06. The predicted octanol–water partition coefficient (Wildman–Crippen LogP) is -0.0623. The van der Waals surface area contributed by atoms with Gasteiger partial charge in [-0.15, -0.1) is 0 Å². The van der Waals surface area contributed by atoms with Crippen molar-refractivity contribution in [3.8, 4) is 0 Å². The van der Waals surface area contributed by atoms with Crippen molar-refractivity contribution in [2.45, 2.75) is 43.8 Å². The zero-order chi connectivity index (χ0) is 8.55. The van der Waals surface area contributed by atoms with Gasteiger partial charge < -0.3 is 16.4 Å². The largest absolute Gasteiger partial charge is 0.352 e. The molecule has 12 heavy (non-hydrogen) atoms. The van der Waals surface area contributed by atoms with Crippen LogP contribution in [0.15, 0.2) is 0 Å². The molecule has 2 amide bonds. The second-order valence-electron chi connectivity index (χ2n) is 3.81. The van der Waals surface area contributed by atoms with E-state index >= 15 is 0 Å². The number of carbonyl (C=O) groups excluding carboxylic acids is 1. The molecule has 0 aromatic rings. The molecule has 0 radical (unpaired) electrons. The van der Waals surface area contributed by atoms with Crippen LogP contribution in [0, 0.1) is 0 Å². The highest BCUT2D eigenvalue weighted by molar-refractivity contribution is 5.71. The summed E-state index contributed by atoms with van der Waals surface area (Å²) in [7, 11) is 0. The van der Waals surface area contributed by atoms with Crippen LogP contribution in [0.3, 0.4) is 0 Å². The topological polar surface area (TPSA) is 67.2 Å². The molecular formula is C8H15N3O. The molecular weight excluding hydrogens is 154 g/mol. The fraction of sp³-hybridized carbons (Fsp3) is 0.875. The third-order valence-corrected chi connectivity index (χ3v) is 2.82. The van der Waals surface area contributed by atoms with E-state index in [1.54, 1.807) is 0 Å². The van der Waals surface area contributed by atoms with E-state index in [0.717, 1.165) is 12.8 Å². The smallest absolute Gasteiger partial charge is 0.312 e. The molecule has 1 unspecified atom stereocenters. The Morgan fingerprint density at radius 2 is 1.92 bits per heavy atom. The number of amides is 2. The molecule has 4 N–H and O–H groups in total. The van der Waals surface area contributed by atoms with Crippen molar-refractivity contribution in [2.75, 3.05) is 0 Å². The lowest BCUT2D eigenvalue weighted by Crippen LogP contribution is -2.49. The summed E-state index contributed by atoms with van der Waals surface area (Å²) in [6.07, 6.45) is 4.59. The number of piperidine rings is 1. The van der Waals surface area contributed by atoms with E-state index in [0.29, 0.717) is 18.1 Å². The van der Waals surface area contributed by atoms with Gasteiger partial charge in [0.25, 0.3) is 0 Å². The van der Waals surface area contributed by atoms with Crippen molar-refractivity contribution in [2.24, 2.45) is 5.73 Å². The second kappa shape index (κ2) is 2.94. The molecule has 0 spiro atoms. The van der Waals surface area contributed by atoms with E-state index in [9.17, 15) is 4.79 Å². The average molecular weight is 169 g/mol. The first-order valence-corrected chi connectivity index (χ1v) is 4.56. The number of nitrogens with one attached hydrogen (secondary N) is 2. The van der Waals surface area contributed by atoms with Gasteiger partial charge in [-0.2, -0.15) is 0 Å². The third kappa shape index (κ3) is 1.53. The van der Waals surface area contributed by atoms with Gasteiger partial charge in [-0.25, -0.2) is 4.79 Å². The Balaban J connectivity index is 1.89. The molecule has 2 saturated heterocycles. The Hall–Kier alpha value is -0.770. The van der Waals surface area contributed by atoms with Gasteiger partial charge in [0.05, 0.1) is 0 Å². The molecule has 0 aromatic heterocycles. The molecule has 0 aliphatic carbocycles. The van der Waals surface area contributed by atoms with Crippen LogP contribution in [-0.4, -0.2) is 24.2 Å². The highest BCUT2D eigenvalue weighted by Gasteiger charge is 2.33. The van der Waals surface area contributed by atoms with Crippen LogP contribution in [0.4, 0.5) is 4.79 Å². The van der Waals surface area contributed by atoms with Crippen LogP contribution >= 0.6 is 0 Å². The van der Waals surface area contributed by atoms with Gasteiger partial charge in [-0.1, -0.05) is 0 Å². The number of rotatable bonds is 1. The molecule has 68 valence electrons. The van der Waals surface area contributed by atoms with Crippen LogP contribution in [-0.2, 0) is 0 Å². The minimum absolute atomic E-state index is 0.307. The molecule has 3 atom stereocenters. The molecule has 2 rings (SSSR count). The molecule has 4 nitrogen and oxygen atoms in total. The van der Waals surface area contributed by atoms with Crippen LogP contribution in [0.1, 0.15) is 25.7 Å². The van der Waals surface area contributed by atoms with Gasteiger partial charge in [-0.3, -0.25) is 0 Å². The Labute approximate surface area is 71.9 Å². The van der Waals surface area contributed by atoms with Crippen molar-refractivity contribution in [3.63, 3.8) is 0 Å². The number of hydrogen-bond acceptors (Lipinski definition) is 2. The fourth-order valence-corrected chi connectivity index (χ4v) is 2.38. The van der Waals surface area contributed by atoms with Gasteiger partial charge in [0, 0.05) is 18.1 Å². The maximum Gasteiger partial charge on any atom is 0.312 e. The van der Waals surface area contributed by atoms with E-state index in [1.165, 1.54) is 12.8 Å². The molecule has 2 fully saturated rings. The van der Waals surface area contributed by atoms with E-state index < -0.39 is 0 Å². The monoisotopic (exact) mass is 169 g/mol. The van der Waals surface area contributed by atoms with Gasteiger partial charge in [0.15, 0.2) is 0 Å². The highest BCUT2D eigenvalue weighted by atomic mass is 16.2. The summed E-state index contributed by atoms with van der Waals surface area (Å²) >= 11 is 0. The molecule has 0 aromatic carbocycles. The number of fused-ring (bicyclic) bond motifs is 2. The van der Waals surface area contributed by atoms with Crippen molar-refractivity contribution in [1.82, 2.24) is 10.6 Å². The van der Waals surface area contributed by atoms with Crippen LogP contribution in [0.2, 0.25) is 0 Å². The normalized spacial score (nSPS) is 39.5. The predicted molar refractivity (Wildman–Crippen MR) is 45.7 cm³/mol. The second-order valence-corrected chi connectivity index (χ2v) is 3.81. The minimum atomic E-state index is -0.388. The Morgan fingerprint density at radius 3 is 2.42 bits per heavy atom. The van der Waals surface area contributed by atoms with E-state index in [2.05, 4.69) is 10.6 Å². The Kier molecular flexibility index (Phi) is 1.92. The van der Waals surface area contributed by atoms with E-state index in [1.807, 2.05) is 0 Å². The summed E-state index contributed by atoms with van der Waals surface area (Å²) in [5.74, 6) is 0. The van der Waals surface area contributed by atoms with E-state index in [-0.39, 0.29) is 6.03 Å². The van der Waals surface area contributed by atoms with Crippen LogP contribution in [0.5, 0.6) is 0 Å². The Morgan fingerprint density at radius 1 is 1.33 bits per heavy atom. The Bertz CT molecular complexity index is 183. The van der Waals surface area contributed by atoms with E-state index in [4.69, 9.17) is 5.73 Å². The maximum atomic E-state index is 10.6. The van der Waals surface area contributed by atoms with Crippen molar-refractivity contribution < 1.29 is 4.79 Å². The lowest BCUT2D eigenvalue weighted by atomic mass is 10.0. The molecule has 2 bridgehead atoms. The lowest BCUT2D eigenvalue weighted by Gasteiger charge is -2.28. The lowest BCUT2D eigenvalue weighted by molar-refractivity contribution is 0.237. The van der Waals surface area contributed by atoms with Crippen molar-refractivity contribution in [1.29, 1.82) is 0 Å². The quantitative estimate of drug-likeness (QED) is 0.514. The average Bonchev–Trinajstić information content (AvgIpc) is 2.29. The summed E-state index contributed by atoms with van der Waals surface area (Å²) in [6, 6.07) is 1.14. The number of nitrogens with two attached hydrogens (primary N) is 1. The maximum absolute atomic E-state index is 10.6. The summed E-state index contributed by atoms with van der Waals surface area (Å²) in [4.78, 5) is 10.6. The first-order chi connectivity index (χ1) is 5.74. The van der Waals surface area contributed by atoms with Gasteiger partial charge in [-0.05, 0) is 25.7 Å². The molecule has 4 heteroatoms. The molecule has 2 aliphatic heterocycles. The van der Waals surface area contributed by atoms with Crippen LogP contribution in [0.25, 0.3) is 0 Å². The number of hydrogen-bond donors (Lipinski definition) is 3. The number of urea groups is 1. The van der Waals surface area contributed by atoms with Crippen molar-refractivity contribution in [3.05, 3.63) is 0 Å². The van der Waals surface area contributed by atoms with Gasteiger partial charge in [0.2, 0.25) is 0 Å². The van der Waals surface area contributed by atoms with Crippen LogP contribution < -0.4 is 16.4 Å². The zero-order valence-corrected chi connectivity index (χ0v) is 7.05. The minimum Gasteiger partial charge on any atom is -0.352 e. The molecule has 2 aliphatic rings. The highest BCUT2D eigenvalue weighted by Crippen LogP contribution is 2.26. The standard InChI is InChI=1S/C8H15N3O/c9-8(12)11-7-3-5-1-2-6(4-7)10-5/h5-7,10H,1-4H2,(H3,9,11,12)/t5-,6+,7?. The fourth-order valence-electron chi connectivity index (χ4n) is 2.38. The van der Waals surface area contributed by atoms with Gasteiger partial charge in [0.1, 0.15) is 0 Å². The summed E-state index contributed by atoms with van der Waals surface area (Å²) in [6.45, 7) is 0. The third-order valence-electron chi connectivity index (χ3n) is 2.82. The molecule has 0 saturated carbocycles. The number of carbonyl (C=O) groups is 1. The first-order valence-electron chi connectivity index (χ1n) is 4.56. The van der Waals surface area contributed by atoms with Gasteiger partial charge >= 0.3 is 6.03 Å². The molecule has 2 heterocycles. The first kappa shape index (κ1) is 7.86. The summed E-state index contributed by atoms with van der Waals surface area (Å²) < 4.78 is 0. The SMILES string of the molecule is NC(=O)NC1C[C@H]2CC[C@@H](C1)N2. The summed E-state index contributed by atoms with van der Waals surface area (Å²) in [5, 5.41) is 6.28. The zero-order valence-electron chi connectivity index (χ0n) is 7.05.